The zero-order valence-corrected chi connectivity index (χ0v) is 19.4. The fraction of sp³-hybridized carbons (Fsp3) is 0.667. The van der Waals surface area contributed by atoms with Gasteiger partial charge in [0, 0.05) is 17.8 Å². The highest BCUT2D eigenvalue weighted by molar-refractivity contribution is 6.02. The molecule has 9 heteroatoms. The van der Waals surface area contributed by atoms with Crippen molar-refractivity contribution in [3.05, 3.63) is 23.5 Å². The number of benzene rings is 1. The number of hydrogen-bond donors (Lipinski definition) is 6. The van der Waals surface area contributed by atoms with Crippen molar-refractivity contribution in [2.45, 2.75) is 82.3 Å². The lowest BCUT2D eigenvalue weighted by atomic mass is 9.95. The van der Waals surface area contributed by atoms with Gasteiger partial charge in [-0.15, -0.1) is 0 Å². The molecule has 0 saturated heterocycles. The molecule has 0 atom stereocenters. The van der Waals surface area contributed by atoms with Crippen LogP contribution in [0.1, 0.15) is 75.1 Å². The van der Waals surface area contributed by atoms with Gasteiger partial charge in [-0.25, -0.2) is 4.39 Å². The van der Waals surface area contributed by atoms with E-state index in [1.54, 1.807) is 6.07 Å². The van der Waals surface area contributed by atoms with Crippen LogP contribution in [-0.4, -0.2) is 59.4 Å². The predicted molar refractivity (Wildman–Crippen MR) is 126 cm³/mol. The first kappa shape index (κ1) is 25.2. The molecule has 0 radical (unpaired) electrons. The summed E-state index contributed by atoms with van der Waals surface area (Å²) in [6.45, 7) is 0.239. The van der Waals surface area contributed by atoms with Gasteiger partial charge in [0.2, 0.25) is 5.91 Å². The summed E-state index contributed by atoms with van der Waals surface area (Å²) in [5.41, 5.74) is -0.0999. The maximum absolute atomic E-state index is 15.0. The Labute approximate surface area is 194 Å². The molecule has 8 nitrogen and oxygen atoms in total. The molecule has 2 aliphatic carbocycles. The standard InChI is InChI=1S/C24H37FN4O4/c1-24(14-30,15-31)29-22(32)13-26-23(33)18-11-19(25)21(28-17-7-3-2-4-8-17)12-20(18)27-16-9-5-6-10-16/h11-12,16-17,27-28,30-31H,2-10,13-15H2,1H3,(H,26,33)(H,29,32). The number of amides is 2. The first-order valence-electron chi connectivity index (χ1n) is 12.0. The number of nitrogens with one attached hydrogen (secondary N) is 4. The van der Waals surface area contributed by atoms with Crippen molar-refractivity contribution in [1.29, 1.82) is 0 Å². The number of aliphatic hydroxyl groups is 2. The number of halogens is 1. The molecular formula is C24H37FN4O4. The van der Waals surface area contributed by atoms with Crippen LogP contribution >= 0.6 is 0 Å². The topological polar surface area (TPSA) is 123 Å². The van der Waals surface area contributed by atoms with Crippen LogP contribution in [-0.2, 0) is 4.79 Å². The monoisotopic (exact) mass is 464 g/mol. The highest BCUT2D eigenvalue weighted by Gasteiger charge is 2.26. The van der Waals surface area contributed by atoms with E-state index in [-0.39, 0.29) is 24.2 Å². The van der Waals surface area contributed by atoms with Crippen LogP contribution in [0.25, 0.3) is 0 Å². The molecule has 0 heterocycles. The van der Waals surface area contributed by atoms with Crippen molar-refractivity contribution < 1.29 is 24.2 Å². The summed E-state index contributed by atoms with van der Waals surface area (Å²) >= 11 is 0. The first-order chi connectivity index (χ1) is 15.8. The number of carbonyl (C=O) groups excluding carboxylic acids is 2. The van der Waals surface area contributed by atoms with E-state index < -0.39 is 36.4 Å². The van der Waals surface area contributed by atoms with Crippen molar-refractivity contribution in [2.24, 2.45) is 0 Å². The van der Waals surface area contributed by atoms with E-state index in [0.29, 0.717) is 11.4 Å². The molecule has 2 aliphatic rings. The van der Waals surface area contributed by atoms with Crippen LogP contribution in [0.15, 0.2) is 12.1 Å². The summed E-state index contributed by atoms with van der Waals surface area (Å²) in [7, 11) is 0. The number of rotatable bonds is 10. The molecule has 0 aromatic heterocycles. The van der Waals surface area contributed by atoms with E-state index in [9.17, 15) is 24.2 Å². The lowest BCUT2D eigenvalue weighted by Crippen LogP contribution is -2.54. The van der Waals surface area contributed by atoms with Gasteiger partial charge in [0.15, 0.2) is 0 Å². The summed E-state index contributed by atoms with van der Waals surface area (Å²) in [6.07, 6.45) is 9.68. The average molecular weight is 465 g/mol. The zero-order chi connectivity index (χ0) is 23.8. The van der Waals surface area contributed by atoms with Crippen molar-refractivity contribution in [1.82, 2.24) is 10.6 Å². The quantitative estimate of drug-likeness (QED) is 0.316. The Morgan fingerprint density at radius 2 is 1.48 bits per heavy atom. The Balaban J connectivity index is 1.73. The summed E-state index contributed by atoms with van der Waals surface area (Å²) in [4.78, 5) is 25.1. The van der Waals surface area contributed by atoms with Gasteiger partial charge in [0.05, 0.1) is 36.5 Å². The molecule has 0 aliphatic heterocycles. The maximum atomic E-state index is 15.0. The van der Waals surface area contributed by atoms with Gasteiger partial charge in [-0.2, -0.15) is 0 Å². The minimum atomic E-state index is -1.18. The first-order valence-corrected chi connectivity index (χ1v) is 12.0. The van der Waals surface area contributed by atoms with Crippen molar-refractivity contribution in [2.75, 3.05) is 30.4 Å². The molecule has 1 aromatic rings. The Kier molecular flexibility index (Phi) is 8.91. The normalized spacial score (nSPS) is 17.6. The van der Waals surface area contributed by atoms with Gasteiger partial charge in [-0.05, 0) is 44.7 Å². The van der Waals surface area contributed by atoms with Crippen LogP contribution in [0.4, 0.5) is 15.8 Å². The predicted octanol–water partition coefficient (Wildman–Crippen LogP) is 2.51. The van der Waals surface area contributed by atoms with Gasteiger partial charge < -0.3 is 31.5 Å². The number of hydrogen-bond acceptors (Lipinski definition) is 6. The summed E-state index contributed by atoms with van der Waals surface area (Å²) < 4.78 is 15.0. The van der Waals surface area contributed by atoms with Crippen molar-refractivity contribution >= 4 is 23.2 Å². The Morgan fingerprint density at radius 3 is 2.06 bits per heavy atom. The Bertz CT molecular complexity index is 819. The van der Waals surface area contributed by atoms with E-state index in [0.717, 1.165) is 51.4 Å². The van der Waals surface area contributed by atoms with Crippen LogP contribution in [0.5, 0.6) is 0 Å². The molecule has 2 saturated carbocycles. The van der Waals surface area contributed by atoms with Gasteiger partial charge in [-0.1, -0.05) is 32.1 Å². The number of aliphatic hydroxyl groups excluding tert-OH is 2. The molecule has 0 unspecified atom stereocenters. The minimum Gasteiger partial charge on any atom is -0.394 e. The van der Waals surface area contributed by atoms with Gasteiger partial charge in [0.25, 0.3) is 5.91 Å². The van der Waals surface area contributed by atoms with E-state index in [1.807, 2.05) is 0 Å². The maximum Gasteiger partial charge on any atom is 0.253 e. The smallest absolute Gasteiger partial charge is 0.253 e. The molecule has 2 amide bonds. The molecule has 1 aromatic carbocycles. The fourth-order valence-electron chi connectivity index (χ4n) is 4.51. The lowest BCUT2D eigenvalue weighted by Gasteiger charge is -2.26. The summed E-state index contributed by atoms with van der Waals surface area (Å²) in [6, 6.07) is 3.35. The highest BCUT2D eigenvalue weighted by atomic mass is 19.1. The Hall–Kier alpha value is -2.39. The molecule has 0 spiro atoms. The average Bonchev–Trinajstić information content (AvgIpc) is 3.33. The minimum absolute atomic E-state index is 0.147. The Morgan fingerprint density at radius 1 is 0.939 bits per heavy atom. The number of anilines is 2. The van der Waals surface area contributed by atoms with E-state index in [4.69, 9.17) is 0 Å². The molecule has 6 N–H and O–H groups in total. The molecule has 0 bridgehead atoms. The third-order valence-electron chi connectivity index (χ3n) is 6.58. The molecule has 2 fully saturated rings. The van der Waals surface area contributed by atoms with Crippen molar-refractivity contribution in [3.8, 4) is 0 Å². The van der Waals surface area contributed by atoms with Gasteiger partial charge in [-0.3, -0.25) is 9.59 Å². The highest BCUT2D eigenvalue weighted by Crippen LogP contribution is 2.31. The van der Waals surface area contributed by atoms with E-state index in [2.05, 4.69) is 21.3 Å². The third kappa shape index (κ3) is 7.04. The largest absolute Gasteiger partial charge is 0.394 e. The van der Waals surface area contributed by atoms with Crippen molar-refractivity contribution in [3.63, 3.8) is 0 Å². The summed E-state index contributed by atoms with van der Waals surface area (Å²) in [5.74, 6) is -1.63. The van der Waals surface area contributed by atoms with Crippen LogP contribution < -0.4 is 21.3 Å². The molecular weight excluding hydrogens is 427 g/mol. The summed E-state index contributed by atoms with van der Waals surface area (Å²) in [5, 5.41) is 30.4. The second kappa shape index (κ2) is 11.7. The van der Waals surface area contributed by atoms with Crippen LogP contribution in [0, 0.1) is 5.82 Å². The molecule has 33 heavy (non-hydrogen) atoms. The second-order valence-corrected chi connectivity index (χ2v) is 9.59. The van der Waals surface area contributed by atoms with Gasteiger partial charge in [0.1, 0.15) is 5.82 Å². The van der Waals surface area contributed by atoms with Crippen LogP contribution in [0.3, 0.4) is 0 Å². The fourth-order valence-corrected chi connectivity index (χ4v) is 4.51. The molecule has 184 valence electrons. The third-order valence-corrected chi connectivity index (χ3v) is 6.58. The van der Waals surface area contributed by atoms with E-state index in [1.165, 1.54) is 19.4 Å². The number of carbonyl (C=O) groups is 2. The molecule has 3 rings (SSSR count). The lowest BCUT2D eigenvalue weighted by molar-refractivity contribution is -0.123. The second-order valence-electron chi connectivity index (χ2n) is 9.59. The van der Waals surface area contributed by atoms with Crippen LogP contribution in [0.2, 0.25) is 0 Å². The van der Waals surface area contributed by atoms with E-state index >= 15 is 0 Å². The zero-order valence-electron chi connectivity index (χ0n) is 19.4. The van der Waals surface area contributed by atoms with Gasteiger partial charge >= 0.3 is 0 Å². The SMILES string of the molecule is CC(CO)(CO)NC(=O)CNC(=O)c1cc(F)c(NC2CCCCC2)cc1NC1CCCC1.